The van der Waals surface area contributed by atoms with Crippen LogP contribution in [-0.4, -0.2) is 43.3 Å². The van der Waals surface area contributed by atoms with E-state index in [-0.39, 0.29) is 24.4 Å². The van der Waals surface area contributed by atoms with Crippen LogP contribution in [0.4, 0.5) is 0 Å². The minimum Gasteiger partial charge on any atom is -0.465 e. The molecule has 0 amide bonds. The number of hydrogen-bond acceptors (Lipinski definition) is 5. The van der Waals surface area contributed by atoms with E-state index in [0.717, 1.165) is 12.8 Å². The first-order valence-corrected chi connectivity index (χ1v) is 5.71. The van der Waals surface area contributed by atoms with Gasteiger partial charge in [0.05, 0.1) is 26.4 Å². The monoisotopic (exact) mass is 230 g/mol. The molecule has 5 heteroatoms. The maximum absolute atomic E-state index is 10.8. The first-order chi connectivity index (χ1) is 7.69. The van der Waals surface area contributed by atoms with Crippen molar-refractivity contribution in [3.63, 3.8) is 0 Å². The predicted octanol–water partition coefficient (Wildman–Crippen LogP) is 0.311. The minimum atomic E-state index is -0.718. The van der Waals surface area contributed by atoms with Crippen LogP contribution in [-0.2, 0) is 19.0 Å². The highest BCUT2D eigenvalue weighted by molar-refractivity contribution is 5.65. The highest BCUT2D eigenvalue weighted by Crippen LogP contribution is 2.46. The lowest BCUT2D eigenvalue weighted by Crippen LogP contribution is -2.44. The molecule has 92 valence electrons. The first kappa shape index (κ1) is 11.8. The molecule has 1 spiro atoms. The molecule has 1 heterocycles. The van der Waals surface area contributed by atoms with Crippen LogP contribution in [0.5, 0.6) is 0 Å². The van der Waals surface area contributed by atoms with Gasteiger partial charge in [-0.05, 0) is 12.8 Å². The fourth-order valence-electron chi connectivity index (χ4n) is 2.69. The fraction of sp³-hybridized carbons (Fsp3) is 0.909. The number of esters is 1. The third-order valence-corrected chi connectivity index (χ3v) is 3.45. The van der Waals surface area contributed by atoms with Gasteiger partial charge in [-0.25, -0.2) is 0 Å². The molecular weight excluding hydrogens is 212 g/mol. The molecule has 0 aromatic carbocycles. The van der Waals surface area contributed by atoms with Crippen molar-refractivity contribution in [3.05, 3.63) is 0 Å². The van der Waals surface area contributed by atoms with E-state index in [0.29, 0.717) is 19.8 Å². The normalized spacial score (nSPS) is 32.1. The molecule has 1 aliphatic carbocycles. The van der Waals surface area contributed by atoms with Crippen LogP contribution in [0.1, 0.15) is 19.8 Å². The molecule has 5 nitrogen and oxygen atoms in total. The van der Waals surface area contributed by atoms with E-state index in [2.05, 4.69) is 0 Å². The lowest BCUT2D eigenvalue weighted by molar-refractivity contribution is -0.223. The topological polar surface area (TPSA) is 65.0 Å². The number of hydrogen-bond donors (Lipinski definition) is 1. The van der Waals surface area contributed by atoms with Crippen molar-refractivity contribution in [2.45, 2.75) is 25.6 Å². The highest BCUT2D eigenvalue weighted by atomic mass is 16.7. The fourth-order valence-corrected chi connectivity index (χ4v) is 2.69. The van der Waals surface area contributed by atoms with Gasteiger partial charge in [-0.1, -0.05) is 0 Å². The van der Waals surface area contributed by atoms with Crippen molar-refractivity contribution >= 4 is 5.97 Å². The maximum atomic E-state index is 10.8. The van der Waals surface area contributed by atoms with E-state index in [4.69, 9.17) is 14.2 Å². The number of rotatable bonds is 3. The molecule has 1 N–H and O–H groups in total. The average molecular weight is 230 g/mol. The summed E-state index contributed by atoms with van der Waals surface area (Å²) in [5.74, 6) is -0.975. The summed E-state index contributed by atoms with van der Waals surface area (Å²) < 4.78 is 16.4. The molecule has 0 radical (unpaired) electrons. The van der Waals surface area contributed by atoms with Crippen LogP contribution in [0.3, 0.4) is 0 Å². The lowest BCUT2D eigenvalue weighted by Gasteiger charge is -2.33. The molecule has 0 aromatic rings. The van der Waals surface area contributed by atoms with Crippen molar-refractivity contribution in [3.8, 4) is 0 Å². The lowest BCUT2D eigenvalue weighted by atomic mass is 9.97. The molecule has 0 unspecified atom stereocenters. The zero-order valence-electron chi connectivity index (χ0n) is 9.48. The van der Waals surface area contributed by atoms with Gasteiger partial charge < -0.3 is 19.3 Å². The second kappa shape index (κ2) is 4.69. The van der Waals surface area contributed by atoms with Gasteiger partial charge in [-0.2, -0.15) is 0 Å². The Balaban J connectivity index is 2.04. The second-order valence-corrected chi connectivity index (χ2v) is 4.37. The Labute approximate surface area is 94.7 Å². The molecule has 2 rings (SSSR count). The molecule has 16 heavy (non-hydrogen) atoms. The first-order valence-electron chi connectivity index (χ1n) is 5.71. The SMILES string of the molecule is CC(=O)OC[C@@H]1CC[C@H](CO)C12OCCO2. The second-order valence-electron chi connectivity index (χ2n) is 4.37. The smallest absolute Gasteiger partial charge is 0.302 e. The van der Waals surface area contributed by atoms with Gasteiger partial charge >= 0.3 is 5.97 Å². The molecule has 2 fully saturated rings. The molecular formula is C11H18O5. The van der Waals surface area contributed by atoms with E-state index in [9.17, 15) is 9.90 Å². The van der Waals surface area contributed by atoms with Gasteiger partial charge in [0.25, 0.3) is 0 Å². The Morgan fingerprint density at radius 2 is 2.00 bits per heavy atom. The number of ether oxygens (including phenoxy) is 3. The molecule has 0 bridgehead atoms. The Morgan fingerprint density at radius 1 is 1.38 bits per heavy atom. The van der Waals surface area contributed by atoms with Crippen LogP contribution in [0.2, 0.25) is 0 Å². The van der Waals surface area contributed by atoms with Crippen LogP contribution < -0.4 is 0 Å². The van der Waals surface area contributed by atoms with Crippen molar-refractivity contribution in [1.82, 2.24) is 0 Å². The summed E-state index contributed by atoms with van der Waals surface area (Å²) in [4.78, 5) is 10.8. The maximum Gasteiger partial charge on any atom is 0.302 e. The quantitative estimate of drug-likeness (QED) is 0.707. The van der Waals surface area contributed by atoms with Crippen LogP contribution >= 0.6 is 0 Å². The van der Waals surface area contributed by atoms with E-state index >= 15 is 0 Å². The molecule has 1 aliphatic heterocycles. The third kappa shape index (κ3) is 1.95. The summed E-state index contributed by atoms with van der Waals surface area (Å²) in [5.41, 5.74) is 0. The van der Waals surface area contributed by atoms with E-state index in [1.54, 1.807) is 0 Å². The Kier molecular flexibility index (Phi) is 3.47. The number of carbonyl (C=O) groups excluding carboxylic acids is 1. The summed E-state index contributed by atoms with van der Waals surface area (Å²) in [6.07, 6.45) is 1.71. The molecule has 0 aromatic heterocycles. The summed E-state index contributed by atoms with van der Waals surface area (Å²) in [7, 11) is 0. The van der Waals surface area contributed by atoms with Gasteiger partial charge in [-0.3, -0.25) is 4.79 Å². The van der Waals surface area contributed by atoms with Gasteiger partial charge in [-0.15, -0.1) is 0 Å². The third-order valence-electron chi connectivity index (χ3n) is 3.45. The van der Waals surface area contributed by atoms with Gasteiger partial charge in [0.2, 0.25) is 0 Å². The summed E-state index contributed by atoms with van der Waals surface area (Å²) in [6, 6.07) is 0. The van der Waals surface area contributed by atoms with Crippen LogP contribution in [0.15, 0.2) is 0 Å². The minimum absolute atomic E-state index is 0.00411. The van der Waals surface area contributed by atoms with Gasteiger partial charge in [0.1, 0.15) is 0 Å². The summed E-state index contributed by atoms with van der Waals surface area (Å²) in [6.45, 7) is 2.85. The summed E-state index contributed by atoms with van der Waals surface area (Å²) in [5, 5.41) is 9.32. The number of aliphatic hydroxyl groups is 1. The summed E-state index contributed by atoms with van der Waals surface area (Å²) >= 11 is 0. The Hall–Kier alpha value is -0.650. The molecule has 2 atom stereocenters. The van der Waals surface area contributed by atoms with Crippen LogP contribution in [0.25, 0.3) is 0 Å². The zero-order chi connectivity index (χ0) is 11.6. The predicted molar refractivity (Wildman–Crippen MR) is 54.6 cm³/mol. The molecule has 2 aliphatic rings. The average Bonchev–Trinajstić information content (AvgIpc) is 2.85. The standard InChI is InChI=1S/C11H18O5/c1-8(13)14-7-10-3-2-9(6-12)11(10)15-4-5-16-11/h9-10,12H,2-7H2,1H3/t9-,10+/m1/s1. The largest absolute Gasteiger partial charge is 0.465 e. The van der Waals surface area contributed by atoms with Gasteiger partial charge in [0, 0.05) is 18.8 Å². The number of aliphatic hydroxyl groups excluding tert-OH is 1. The molecule has 1 saturated heterocycles. The molecule has 1 saturated carbocycles. The number of carbonyl (C=O) groups is 1. The highest BCUT2D eigenvalue weighted by Gasteiger charge is 2.54. The Morgan fingerprint density at radius 3 is 2.56 bits per heavy atom. The Bertz CT molecular complexity index is 259. The van der Waals surface area contributed by atoms with Crippen molar-refractivity contribution in [2.24, 2.45) is 11.8 Å². The van der Waals surface area contributed by atoms with E-state index in [1.807, 2.05) is 0 Å². The van der Waals surface area contributed by atoms with Crippen molar-refractivity contribution < 1.29 is 24.1 Å². The van der Waals surface area contributed by atoms with E-state index in [1.165, 1.54) is 6.92 Å². The van der Waals surface area contributed by atoms with Gasteiger partial charge in [0.15, 0.2) is 5.79 Å². The van der Waals surface area contributed by atoms with Crippen LogP contribution in [0, 0.1) is 11.8 Å². The van der Waals surface area contributed by atoms with E-state index < -0.39 is 5.79 Å². The zero-order valence-corrected chi connectivity index (χ0v) is 9.48. The van der Waals surface area contributed by atoms with Crippen molar-refractivity contribution in [2.75, 3.05) is 26.4 Å². The van der Waals surface area contributed by atoms with Crippen molar-refractivity contribution in [1.29, 1.82) is 0 Å².